The topological polar surface area (TPSA) is 64.8 Å². The van der Waals surface area contributed by atoms with Crippen LogP contribution < -0.4 is 10.5 Å². The minimum Gasteiger partial charge on any atom is -0.493 e. The van der Waals surface area contributed by atoms with E-state index in [4.69, 9.17) is 27.4 Å². The van der Waals surface area contributed by atoms with E-state index < -0.39 is 0 Å². The highest BCUT2D eigenvalue weighted by molar-refractivity contribution is 7.80. The van der Waals surface area contributed by atoms with E-state index >= 15 is 0 Å². The van der Waals surface area contributed by atoms with Crippen molar-refractivity contribution in [3.63, 3.8) is 0 Å². The van der Waals surface area contributed by atoms with Gasteiger partial charge in [-0.3, -0.25) is 0 Å². The van der Waals surface area contributed by atoms with Gasteiger partial charge in [0, 0.05) is 6.54 Å². The molecular formula is C13H16N2O3S. The molecule has 0 saturated carbocycles. The molecular weight excluding hydrogens is 264 g/mol. The zero-order chi connectivity index (χ0) is 13.7. The second-order valence-electron chi connectivity index (χ2n) is 4.16. The average molecular weight is 280 g/mol. The van der Waals surface area contributed by atoms with Gasteiger partial charge in [0.2, 0.25) is 0 Å². The number of hydrogen-bond donors (Lipinski definition) is 1. The van der Waals surface area contributed by atoms with Gasteiger partial charge in [-0.1, -0.05) is 24.4 Å². The molecule has 102 valence electrons. The Morgan fingerprint density at radius 2 is 2.26 bits per heavy atom. The lowest BCUT2D eigenvalue weighted by Crippen LogP contribution is -2.26. The number of hydrogen-bond acceptors (Lipinski definition) is 4. The van der Waals surface area contributed by atoms with E-state index in [0.717, 1.165) is 12.0 Å². The van der Waals surface area contributed by atoms with Crippen molar-refractivity contribution in [2.24, 2.45) is 5.73 Å². The van der Waals surface area contributed by atoms with Crippen LogP contribution in [0.5, 0.6) is 5.75 Å². The molecule has 1 aromatic carbocycles. The van der Waals surface area contributed by atoms with Crippen LogP contribution in [-0.4, -0.2) is 42.3 Å². The Balaban J connectivity index is 1.79. The van der Waals surface area contributed by atoms with Gasteiger partial charge in [-0.15, -0.1) is 0 Å². The molecule has 1 amide bonds. The summed E-state index contributed by atoms with van der Waals surface area (Å²) >= 11 is 4.96. The Labute approximate surface area is 117 Å². The Kier molecular flexibility index (Phi) is 4.57. The predicted molar refractivity (Wildman–Crippen MR) is 75.4 cm³/mol. The number of rotatable bonds is 6. The molecule has 1 aliphatic rings. The van der Waals surface area contributed by atoms with Crippen LogP contribution in [0.25, 0.3) is 0 Å². The van der Waals surface area contributed by atoms with Gasteiger partial charge in [0.05, 0.1) is 18.7 Å². The Morgan fingerprint density at radius 1 is 1.47 bits per heavy atom. The number of para-hydroxylation sites is 1. The Bertz CT molecular complexity index is 479. The summed E-state index contributed by atoms with van der Waals surface area (Å²) in [5, 5.41) is 0. The first kappa shape index (κ1) is 13.6. The first-order valence-corrected chi connectivity index (χ1v) is 6.52. The van der Waals surface area contributed by atoms with Crippen molar-refractivity contribution >= 4 is 23.3 Å². The molecule has 6 heteroatoms. The summed E-state index contributed by atoms with van der Waals surface area (Å²) in [6, 6.07) is 7.39. The molecule has 1 heterocycles. The van der Waals surface area contributed by atoms with Crippen LogP contribution in [0.3, 0.4) is 0 Å². The van der Waals surface area contributed by atoms with Gasteiger partial charge in [-0.05, 0) is 18.6 Å². The third-order valence-electron chi connectivity index (χ3n) is 2.83. The lowest BCUT2D eigenvalue weighted by molar-refractivity contribution is 0.156. The molecule has 1 fully saturated rings. The summed E-state index contributed by atoms with van der Waals surface area (Å²) in [5.74, 6) is 0.680. The fourth-order valence-electron chi connectivity index (χ4n) is 1.86. The van der Waals surface area contributed by atoms with Crippen molar-refractivity contribution < 1.29 is 14.3 Å². The number of nitrogens with zero attached hydrogens (tertiary/aromatic N) is 1. The highest BCUT2D eigenvalue weighted by Crippen LogP contribution is 2.17. The molecule has 0 aliphatic carbocycles. The van der Waals surface area contributed by atoms with E-state index in [-0.39, 0.29) is 6.09 Å². The molecule has 0 atom stereocenters. The maximum absolute atomic E-state index is 11.2. The van der Waals surface area contributed by atoms with Gasteiger partial charge in [-0.2, -0.15) is 0 Å². The molecule has 0 radical (unpaired) electrons. The third-order valence-corrected chi connectivity index (χ3v) is 3.05. The van der Waals surface area contributed by atoms with E-state index in [2.05, 4.69) is 0 Å². The van der Waals surface area contributed by atoms with Gasteiger partial charge < -0.3 is 20.1 Å². The van der Waals surface area contributed by atoms with Gasteiger partial charge in [-0.25, -0.2) is 4.79 Å². The smallest absolute Gasteiger partial charge is 0.409 e. The monoisotopic (exact) mass is 280 g/mol. The summed E-state index contributed by atoms with van der Waals surface area (Å²) < 4.78 is 10.5. The Hall–Kier alpha value is -1.82. The molecule has 0 spiro atoms. The second kappa shape index (κ2) is 6.38. The summed E-state index contributed by atoms with van der Waals surface area (Å²) in [4.78, 5) is 13.2. The van der Waals surface area contributed by atoms with E-state index in [0.29, 0.717) is 37.0 Å². The van der Waals surface area contributed by atoms with Crippen molar-refractivity contribution in [3.05, 3.63) is 29.8 Å². The first-order chi connectivity index (χ1) is 9.18. The molecule has 19 heavy (non-hydrogen) atoms. The number of nitrogens with two attached hydrogens (primary N) is 1. The largest absolute Gasteiger partial charge is 0.493 e. The lowest BCUT2D eigenvalue weighted by atomic mass is 10.2. The summed E-state index contributed by atoms with van der Waals surface area (Å²) in [6.07, 6.45) is 0.490. The predicted octanol–water partition coefficient (Wildman–Crippen LogP) is 1.54. The number of cyclic esters (lactones) is 1. The maximum Gasteiger partial charge on any atom is 0.409 e. The summed E-state index contributed by atoms with van der Waals surface area (Å²) in [5.41, 5.74) is 6.35. The minimum absolute atomic E-state index is 0.247. The van der Waals surface area contributed by atoms with Crippen LogP contribution >= 0.6 is 12.2 Å². The highest BCUT2D eigenvalue weighted by Gasteiger charge is 2.20. The SMILES string of the molecule is NC(=S)c1ccccc1OCCCN1CCOC1=O. The summed E-state index contributed by atoms with van der Waals surface area (Å²) in [7, 11) is 0. The lowest BCUT2D eigenvalue weighted by Gasteiger charge is -2.14. The zero-order valence-electron chi connectivity index (χ0n) is 10.5. The molecule has 5 nitrogen and oxygen atoms in total. The molecule has 0 aromatic heterocycles. The number of thiocarbonyl (C=S) groups is 1. The number of amides is 1. The maximum atomic E-state index is 11.2. The number of carbonyl (C=O) groups excluding carboxylic acids is 1. The molecule has 2 rings (SSSR count). The quantitative estimate of drug-likeness (QED) is 0.632. The van der Waals surface area contributed by atoms with Crippen molar-refractivity contribution in [1.29, 1.82) is 0 Å². The molecule has 1 saturated heterocycles. The fraction of sp³-hybridized carbons (Fsp3) is 0.385. The van der Waals surface area contributed by atoms with Crippen LogP contribution in [0.2, 0.25) is 0 Å². The molecule has 1 aromatic rings. The van der Waals surface area contributed by atoms with E-state index in [1.54, 1.807) is 4.90 Å². The highest BCUT2D eigenvalue weighted by atomic mass is 32.1. The molecule has 0 unspecified atom stereocenters. The van der Waals surface area contributed by atoms with Gasteiger partial charge in [0.15, 0.2) is 0 Å². The molecule has 1 aliphatic heterocycles. The normalized spacial score (nSPS) is 14.3. The van der Waals surface area contributed by atoms with Crippen LogP contribution in [0, 0.1) is 0 Å². The standard InChI is InChI=1S/C13H16N2O3S/c14-12(19)10-4-1-2-5-11(10)17-8-3-6-15-7-9-18-13(15)16/h1-2,4-5H,3,6-9H2,(H2,14,19). The third kappa shape index (κ3) is 3.57. The van der Waals surface area contributed by atoms with Gasteiger partial charge in [0.1, 0.15) is 17.3 Å². The van der Waals surface area contributed by atoms with Crippen LogP contribution in [0.4, 0.5) is 4.79 Å². The van der Waals surface area contributed by atoms with Crippen molar-refractivity contribution in [3.8, 4) is 5.75 Å². The van der Waals surface area contributed by atoms with Crippen molar-refractivity contribution in [1.82, 2.24) is 4.90 Å². The van der Waals surface area contributed by atoms with E-state index in [1.807, 2.05) is 24.3 Å². The summed E-state index contributed by atoms with van der Waals surface area (Å²) in [6.45, 7) is 2.27. The number of carbonyl (C=O) groups is 1. The second-order valence-corrected chi connectivity index (χ2v) is 4.60. The van der Waals surface area contributed by atoms with Crippen LogP contribution in [0.1, 0.15) is 12.0 Å². The van der Waals surface area contributed by atoms with Crippen molar-refractivity contribution in [2.75, 3.05) is 26.3 Å². The fourth-order valence-corrected chi connectivity index (χ4v) is 2.03. The Morgan fingerprint density at radius 3 is 2.95 bits per heavy atom. The minimum atomic E-state index is -0.247. The van der Waals surface area contributed by atoms with Crippen LogP contribution in [0.15, 0.2) is 24.3 Å². The van der Waals surface area contributed by atoms with E-state index in [1.165, 1.54) is 0 Å². The number of ether oxygens (including phenoxy) is 2. The van der Waals surface area contributed by atoms with Gasteiger partial charge in [0.25, 0.3) is 0 Å². The molecule has 0 bridgehead atoms. The first-order valence-electron chi connectivity index (χ1n) is 6.12. The molecule has 2 N–H and O–H groups in total. The zero-order valence-corrected chi connectivity index (χ0v) is 11.3. The van der Waals surface area contributed by atoms with E-state index in [9.17, 15) is 4.79 Å². The van der Waals surface area contributed by atoms with Crippen molar-refractivity contribution in [2.45, 2.75) is 6.42 Å². The number of benzene rings is 1. The van der Waals surface area contributed by atoms with Gasteiger partial charge >= 0.3 is 6.09 Å². The average Bonchev–Trinajstić information content (AvgIpc) is 2.80. The van der Waals surface area contributed by atoms with Crippen LogP contribution in [-0.2, 0) is 4.74 Å².